The third kappa shape index (κ3) is 6.30. The third-order valence-corrected chi connectivity index (χ3v) is 9.25. The van der Waals surface area contributed by atoms with Gasteiger partial charge < -0.3 is 10.1 Å². The highest BCUT2D eigenvalue weighted by Crippen LogP contribution is 2.29. The molecule has 3 heterocycles. The first-order valence-corrected chi connectivity index (χ1v) is 13.6. The predicted molar refractivity (Wildman–Crippen MR) is 127 cm³/mol. The Balaban J connectivity index is 1.20. The third-order valence-electron chi connectivity index (χ3n) is 4.82. The minimum Gasteiger partial charge on any atom is -0.492 e. The fourth-order valence-electron chi connectivity index (χ4n) is 3.22. The fourth-order valence-corrected chi connectivity index (χ4v) is 6.74. The van der Waals surface area contributed by atoms with Crippen LogP contribution < -0.4 is 15.4 Å². The van der Waals surface area contributed by atoms with Gasteiger partial charge in [-0.1, -0.05) is 18.2 Å². The lowest BCUT2D eigenvalue weighted by Gasteiger charge is -2.10. The molecule has 2 N–H and O–H groups in total. The Hall–Kier alpha value is -1.91. The molecule has 0 aliphatic carbocycles. The highest BCUT2D eigenvalue weighted by atomic mass is 32.2. The van der Waals surface area contributed by atoms with Crippen LogP contribution in [0.1, 0.15) is 5.56 Å². The van der Waals surface area contributed by atoms with Gasteiger partial charge in [0.2, 0.25) is 9.84 Å². The van der Waals surface area contributed by atoms with Crippen molar-refractivity contribution >= 4 is 32.9 Å². The molecule has 164 valence electrons. The lowest BCUT2D eigenvalue weighted by Crippen LogP contribution is -2.27. The molecule has 1 atom stereocenters. The van der Waals surface area contributed by atoms with Crippen LogP contribution in [-0.4, -0.2) is 50.1 Å². The molecule has 1 fully saturated rings. The van der Waals surface area contributed by atoms with E-state index in [9.17, 15) is 8.42 Å². The number of ether oxygens (including phenoxy) is 1. The largest absolute Gasteiger partial charge is 0.492 e. The maximum atomic E-state index is 12.6. The summed E-state index contributed by atoms with van der Waals surface area (Å²) in [5.41, 5.74) is 2.08. The number of hydrogen-bond donors (Lipinski definition) is 2. The molecular weight excluding hydrogens is 450 g/mol. The summed E-state index contributed by atoms with van der Waals surface area (Å²) in [6.45, 7) is 1.91. The van der Waals surface area contributed by atoms with Gasteiger partial charge in [0, 0.05) is 30.4 Å². The van der Waals surface area contributed by atoms with Gasteiger partial charge in [-0.15, -0.1) is 23.1 Å². The summed E-state index contributed by atoms with van der Waals surface area (Å²) in [4.78, 5) is 5.11. The van der Waals surface area contributed by atoms with E-state index in [1.807, 2.05) is 42.1 Å². The Bertz CT molecular complexity index is 1060. The normalized spacial score (nSPS) is 16.5. The molecule has 1 saturated heterocycles. The zero-order valence-corrected chi connectivity index (χ0v) is 19.4. The summed E-state index contributed by atoms with van der Waals surface area (Å²) in [5.74, 6) is 1.71. The Morgan fingerprint density at radius 1 is 1.13 bits per heavy atom. The van der Waals surface area contributed by atoms with E-state index in [1.165, 1.54) is 16.9 Å². The van der Waals surface area contributed by atoms with Crippen LogP contribution in [0.15, 0.2) is 65.0 Å². The average Bonchev–Trinajstić information content (AvgIpc) is 3.48. The van der Waals surface area contributed by atoms with Gasteiger partial charge in [-0.05, 0) is 48.4 Å². The van der Waals surface area contributed by atoms with Crippen molar-refractivity contribution in [3.8, 4) is 16.3 Å². The molecule has 31 heavy (non-hydrogen) atoms. The molecule has 6 nitrogen and oxygen atoms in total. The maximum absolute atomic E-state index is 12.6. The van der Waals surface area contributed by atoms with Gasteiger partial charge >= 0.3 is 0 Å². The van der Waals surface area contributed by atoms with Gasteiger partial charge in [-0.2, -0.15) is 0 Å². The monoisotopic (exact) mass is 475 g/mol. The minimum atomic E-state index is -3.39. The van der Waals surface area contributed by atoms with Crippen LogP contribution in [0.4, 0.5) is 0 Å². The number of benzene rings is 1. The summed E-state index contributed by atoms with van der Waals surface area (Å²) in [6, 6.07) is 17.2. The molecule has 0 spiro atoms. The summed E-state index contributed by atoms with van der Waals surface area (Å²) in [5, 5.41) is 6.97. The second-order valence-electron chi connectivity index (χ2n) is 7.18. The van der Waals surface area contributed by atoms with Crippen molar-refractivity contribution in [3.63, 3.8) is 0 Å². The van der Waals surface area contributed by atoms with Crippen molar-refractivity contribution in [1.29, 1.82) is 0 Å². The highest BCUT2D eigenvalue weighted by Gasteiger charge is 2.18. The van der Waals surface area contributed by atoms with Gasteiger partial charge in [0.05, 0.1) is 10.6 Å². The number of sulfone groups is 1. The zero-order valence-electron chi connectivity index (χ0n) is 17.0. The lowest BCUT2D eigenvalue weighted by molar-refractivity contribution is 0.317. The molecule has 1 unspecified atom stereocenters. The van der Waals surface area contributed by atoms with E-state index in [0.717, 1.165) is 35.2 Å². The first-order valence-electron chi connectivity index (χ1n) is 10.1. The van der Waals surface area contributed by atoms with Crippen molar-refractivity contribution in [3.05, 3.63) is 66.4 Å². The first-order chi connectivity index (χ1) is 15.1. The van der Waals surface area contributed by atoms with Crippen LogP contribution in [-0.2, 0) is 16.3 Å². The van der Waals surface area contributed by atoms with Crippen LogP contribution in [0.25, 0.3) is 10.6 Å². The SMILES string of the molecule is O=S(=O)(CNCCOc1ccc(CC2CNCS2)cc1)c1ccc(-c2ccccn2)s1. The van der Waals surface area contributed by atoms with Crippen molar-refractivity contribution in [2.75, 3.05) is 31.4 Å². The van der Waals surface area contributed by atoms with Crippen molar-refractivity contribution in [2.24, 2.45) is 0 Å². The van der Waals surface area contributed by atoms with Crippen molar-refractivity contribution in [2.45, 2.75) is 15.9 Å². The Kier molecular flexibility index (Phi) is 7.62. The van der Waals surface area contributed by atoms with Crippen molar-refractivity contribution in [1.82, 2.24) is 15.6 Å². The average molecular weight is 476 g/mol. The molecule has 0 amide bonds. The number of thioether (sulfide) groups is 1. The molecule has 1 aromatic carbocycles. The van der Waals surface area contributed by atoms with E-state index in [-0.39, 0.29) is 5.88 Å². The number of aromatic nitrogens is 1. The Labute approximate surface area is 191 Å². The molecule has 9 heteroatoms. The van der Waals surface area contributed by atoms with Gasteiger partial charge in [0.25, 0.3) is 0 Å². The van der Waals surface area contributed by atoms with Gasteiger partial charge in [0.1, 0.15) is 22.4 Å². The molecule has 1 aliphatic rings. The van der Waals surface area contributed by atoms with Gasteiger partial charge in [0.15, 0.2) is 0 Å². The van der Waals surface area contributed by atoms with Crippen LogP contribution >= 0.6 is 23.1 Å². The van der Waals surface area contributed by atoms with E-state index < -0.39 is 9.84 Å². The Morgan fingerprint density at radius 2 is 2.00 bits per heavy atom. The smallest absolute Gasteiger partial charge is 0.200 e. The summed E-state index contributed by atoms with van der Waals surface area (Å²) >= 11 is 3.20. The number of pyridine rings is 1. The van der Waals surface area contributed by atoms with Gasteiger partial charge in [-0.3, -0.25) is 10.3 Å². The summed E-state index contributed by atoms with van der Waals surface area (Å²) < 4.78 is 31.2. The molecule has 4 rings (SSSR count). The van der Waals surface area contributed by atoms with Crippen LogP contribution in [0, 0.1) is 0 Å². The topological polar surface area (TPSA) is 80.3 Å². The fraction of sp³-hybridized carbons (Fsp3) is 0.318. The summed E-state index contributed by atoms with van der Waals surface area (Å²) in [7, 11) is -3.39. The standard InChI is InChI=1S/C22H25N3O3S3/c26-31(27,22-9-8-21(30-22)20-3-1-2-10-25-20)16-23-11-12-28-18-6-4-17(5-7-18)13-19-14-24-15-29-19/h1-10,19,23-24H,11-16H2. The number of rotatable bonds is 10. The maximum Gasteiger partial charge on any atom is 0.200 e. The highest BCUT2D eigenvalue weighted by molar-refractivity contribution is 8.00. The van der Waals surface area contributed by atoms with E-state index in [0.29, 0.717) is 22.6 Å². The van der Waals surface area contributed by atoms with Crippen molar-refractivity contribution < 1.29 is 13.2 Å². The first kappa shape index (κ1) is 22.3. The molecular formula is C22H25N3O3S3. The number of hydrogen-bond acceptors (Lipinski definition) is 8. The quantitative estimate of drug-likeness (QED) is 0.435. The zero-order chi connectivity index (χ0) is 21.5. The minimum absolute atomic E-state index is 0.120. The summed E-state index contributed by atoms with van der Waals surface area (Å²) in [6.07, 6.45) is 2.76. The van der Waals surface area contributed by atoms with Crippen LogP contribution in [0.2, 0.25) is 0 Å². The molecule has 1 aliphatic heterocycles. The molecule has 0 radical (unpaired) electrons. The molecule has 0 bridgehead atoms. The van der Waals surface area contributed by atoms with Crippen LogP contribution in [0.3, 0.4) is 0 Å². The molecule has 2 aromatic heterocycles. The molecule has 3 aromatic rings. The van der Waals surface area contributed by atoms with Gasteiger partial charge in [-0.25, -0.2) is 8.42 Å². The van der Waals surface area contributed by atoms with E-state index in [2.05, 4.69) is 27.8 Å². The molecule has 0 saturated carbocycles. The number of nitrogens with one attached hydrogen (secondary N) is 2. The van der Waals surface area contributed by atoms with E-state index >= 15 is 0 Å². The second kappa shape index (κ2) is 10.6. The van der Waals surface area contributed by atoms with Crippen LogP contribution in [0.5, 0.6) is 5.75 Å². The number of thiophene rings is 1. The van der Waals surface area contributed by atoms with E-state index in [4.69, 9.17) is 4.74 Å². The van der Waals surface area contributed by atoms with E-state index in [1.54, 1.807) is 18.3 Å². The Morgan fingerprint density at radius 3 is 2.74 bits per heavy atom. The lowest BCUT2D eigenvalue weighted by atomic mass is 10.1. The number of nitrogens with zero attached hydrogens (tertiary/aromatic N) is 1. The second-order valence-corrected chi connectivity index (χ2v) is 11.8. The predicted octanol–water partition coefficient (Wildman–Crippen LogP) is 3.41.